The Hall–Kier alpha value is -1.94. The van der Waals surface area contributed by atoms with Gasteiger partial charge >= 0.3 is 39.5 Å². The van der Waals surface area contributed by atoms with Crippen LogP contribution < -0.4 is 0 Å². The van der Waals surface area contributed by atoms with Crippen molar-refractivity contribution in [2.75, 3.05) is 39.6 Å². The number of rotatable bonds is 73. The summed E-state index contributed by atoms with van der Waals surface area (Å²) >= 11 is 0. The Labute approximate surface area is 575 Å². The first-order valence-electron chi connectivity index (χ1n) is 38.8. The summed E-state index contributed by atoms with van der Waals surface area (Å²) in [5.74, 6) is 0.153. The van der Waals surface area contributed by atoms with Crippen LogP contribution >= 0.6 is 15.6 Å². The molecule has 0 radical (unpaired) electrons. The van der Waals surface area contributed by atoms with Gasteiger partial charge in [0.15, 0.2) is 12.2 Å². The number of aliphatic hydroxyl groups is 1. The standard InChI is InChI=1S/C75H146O17P2/c1-8-9-10-11-12-13-22-30-35-44-51-58-74(79)92-71(63-86-73(78)57-50-43-38-37-41-48-55-68(6)7)65-90-94(83,84)88-61-69(76)60-87-93(81,82)89-64-70(62-85-72(77)56-49-42-34-29-25-21-17-19-24-28-33-40-47-54-67(4)5)91-75(80)59-52-45-36-31-26-20-16-14-15-18-23-27-32-39-46-53-66(2)3/h66-71,76H,8-65H2,1-7H3,(H,81,82)(H,83,84)/t69-,70-,71-/m1/s1. The minimum Gasteiger partial charge on any atom is -0.462 e. The van der Waals surface area contributed by atoms with Crippen LogP contribution in [0.15, 0.2) is 0 Å². The van der Waals surface area contributed by atoms with E-state index >= 15 is 0 Å². The van der Waals surface area contributed by atoms with Crippen molar-refractivity contribution in [3.63, 3.8) is 0 Å². The molecule has 0 aliphatic carbocycles. The maximum atomic E-state index is 13.1. The van der Waals surface area contributed by atoms with Crippen LogP contribution in [-0.4, -0.2) is 96.7 Å². The molecular formula is C75H146O17P2. The monoisotopic (exact) mass is 1380 g/mol. The first-order valence-corrected chi connectivity index (χ1v) is 41.8. The van der Waals surface area contributed by atoms with Crippen LogP contribution in [0.1, 0.15) is 382 Å². The summed E-state index contributed by atoms with van der Waals surface area (Å²) in [5, 5.41) is 10.6. The molecule has 0 heterocycles. The fraction of sp³-hybridized carbons (Fsp3) is 0.947. The Kier molecular flexibility index (Phi) is 64.3. The van der Waals surface area contributed by atoms with Gasteiger partial charge in [0.05, 0.1) is 26.4 Å². The number of carbonyl (C=O) groups is 4. The third-order valence-corrected chi connectivity index (χ3v) is 19.3. The van der Waals surface area contributed by atoms with Crippen LogP contribution in [0, 0.1) is 17.8 Å². The molecule has 0 amide bonds. The Morgan fingerprint density at radius 2 is 0.489 bits per heavy atom. The van der Waals surface area contributed by atoms with Gasteiger partial charge in [-0.05, 0) is 43.4 Å². The van der Waals surface area contributed by atoms with E-state index in [1.54, 1.807) is 0 Å². The maximum Gasteiger partial charge on any atom is 0.472 e. The molecule has 0 aliphatic rings. The second kappa shape index (κ2) is 65.7. The number of phosphoric ester groups is 2. The molecule has 17 nitrogen and oxygen atoms in total. The SMILES string of the molecule is CCCCCCCCCCCCCC(=O)O[C@H](COC(=O)CCCCCCCCC(C)C)COP(=O)(O)OC[C@H](O)COP(=O)(O)OC[C@@H](COC(=O)CCCCCCCCCCCCCCCC(C)C)OC(=O)CCCCCCCCCCCCCCCCCC(C)C. The van der Waals surface area contributed by atoms with Gasteiger partial charge in [-0.25, -0.2) is 9.13 Å². The van der Waals surface area contributed by atoms with E-state index in [0.717, 1.165) is 108 Å². The molecule has 0 aromatic carbocycles. The largest absolute Gasteiger partial charge is 0.472 e. The summed E-state index contributed by atoms with van der Waals surface area (Å²) in [6, 6.07) is 0. The molecule has 2 unspecified atom stereocenters. The lowest BCUT2D eigenvalue weighted by Crippen LogP contribution is -2.30. The van der Waals surface area contributed by atoms with Crippen LogP contribution in [0.5, 0.6) is 0 Å². The lowest BCUT2D eigenvalue weighted by atomic mass is 10.0. The van der Waals surface area contributed by atoms with Gasteiger partial charge in [0.25, 0.3) is 0 Å². The highest BCUT2D eigenvalue weighted by Crippen LogP contribution is 2.45. The Bertz CT molecular complexity index is 1840. The second-order valence-electron chi connectivity index (χ2n) is 28.5. The van der Waals surface area contributed by atoms with Crippen LogP contribution in [-0.2, 0) is 65.4 Å². The predicted octanol–water partition coefficient (Wildman–Crippen LogP) is 21.8. The van der Waals surface area contributed by atoms with Crippen molar-refractivity contribution in [3.05, 3.63) is 0 Å². The molecule has 0 bridgehead atoms. The highest BCUT2D eigenvalue weighted by Gasteiger charge is 2.30. The summed E-state index contributed by atoms with van der Waals surface area (Å²) in [7, 11) is -9.91. The summed E-state index contributed by atoms with van der Waals surface area (Å²) in [6.45, 7) is 11.8. The molecule has 558 valence electrons. The number of hydrogen-bond donors (Lipinski definition) is 3. The van der Waals surface area contributed by atoms with Gasteiger partial charge in [-0.15, -0.1) is 0 Å². The van der Waals surface area contributed by atoms with E-state index in [-0.39, 0.29) is 25.7 Å². The molecule has 0 aliphatic heterocycles. The van der Waals surface area contributed by atoms with E-state index in [1.165, 1.54) is 186 Å². The molecule has 19 heteroatoms. The van der Waals surface area contributed by atoms with E-state index in [0.29, 0.717) is 31.6 Å². The summed E-state index contributed by atoms with van der Waals surface area (Å²) < 4.78 is 68.4. The van der Waals surface area contributed by atoms with Crippen LogP contribution in [0.25, 0.3) is 0 Å². The number of carbonyl (C=O) groups excluding carboxylic acids is 4. The summed E-state index contributed by atoms with van der Waals surface area (Å²) in [5.41, 5.74) is 0. The zero-order valence-electron chi connectivity index (χ0n) is 61.4. The smallest absolute Gasteiger partial charge is 0.462 e. The molecule has 0 saturated heterocycles. The lowest BCUT2D eigenvalue weighted by molar-refractivity contribution is -0.161. The first-order chi connectivity index (χ1) is 45.2. The lowest BCUT2D eigenvalue weighted by Gasteiger charge is -2.21. The third-order valence-electron chi connectivity index (χ3n) is 17.4. The Morgan fingerprint density at radius 3 is 0.723 bits per heavy atom. The van der Waals surface area contributed by atoms with Crippen molar-refractivity contribution >= 4 is 39.5 Å². The van der Waals surface area contributed by atoms with E-state index in [4.69, 9.17) is 37.0 Å². The molecule has 0 spiro atoms. The fourth-order valence-corrected chi connectivity index (χ4v) is 13.0. The van der Waals surface area contributed by atoms with Crippen LogP contribution in [0.4, 0.5) is 0 Å². The first kappa shape index (κ1) is 92.1. The van der Waals surface area contributed by atoms with E-state index in [2.05, 4.69) is 48.5 Å². The quantitative estimate of drug-likeness (QED) is 0.0222. The van der Waals surface area contributed by atoms with Gasteiger partial charge < -0.3 is 33.8 Å². The average Bonchev–Trinajstić information content (AvgIpc) is 3.64. The molecule has 5 atom stereocenters. The predicted molar refractivity (Wildman–Crippen MR) is 381 cm³/mol. The minimum atomic E-state index is -4.96. The highest BCUT2D eigenvalue weighted by atomic mass is 31.2. The number of aliphatic hydroxyl groups excluding tert-OH is 1. The number of ether oxygens (including phenoxy) is 4. The van der Waals surface area contributed by atoms with Crippen molar-refractivity contribution in [3.8, 4) is 0 Å². The number of unbranched alkanes of at least 4 members (excludes halogenated alkanes) is 41. The molecule has 0 aromatic heterocycles. The maximum absolute atomic E-state index is 13.1. The summed E-state index contributed by atoms with van der Waals surface area (Å²) in [6.07, 6.45) is 51.4. The highest BCUT2D eigenvalue weighted by molar-refractivity contribution is 7.47. The van der Waals surface area contributed by atoms with Gasteiger partial charge in [-0.1, -0.05) is 331 Å². The van der Waals surface area contributed by atoms with Gasteiger partial charge in [0.2, 0.25) is 0 Å². The van der Waals surface area contributed by atoms with Gasteiger partial charge in [-0.2, -0.15) is 0 Å². The third kappa shape index (κ3) is 68.6. The zero-order chi connectivity index (χ0) is 69.4. The van der Waals surface area contributed by atoms with Gasteiger partial charge in [0.1, 0.15) is 19.3 Å². The van der Waals surface area contributed by atoms with Gasteiger partial charge in [-0.3, -0.25) is 37.3 Å². The Balaban J connectivity index is 5.22. The van der Waals surface area contributed by atoms with Crippen molar-refractivity contribution < 1.29 is 80.2 Å². The van der Waals surface area contributed by atoms with Crippen molar-refractivity contribution in [1.82, 2.24) is 0 Å². The van der Waals surface area contributed by atoms with Crippen molar-refractivity contribution in [2.45, 2.75) is 401 Å². The van der Waals surface area contributed by atoms with Crippen molar-refractivity contribution in [1.29, 1.82) is 0 Å². The number of phosphoric acid groups is 2. The molecule has 0 fully saturated rings. The van der Waals surface area contributed by atoms with Crippen molar-refractivity contribution in [2.24, 2.45) is 17.8 Å². The molecule has 0 rings (SSSR count). The fourth-order valence-electron chi connectivity index (χ4n) is 11.4. The molecule has 0 aromatic rings. The van der Waals surface area contributed by atoms with E-state index in [1.807, 2.05) is 0 Å². The molecule has 3 N–H and O–H groups in total. The van der Waals surface area contributed by atoms with Crippen LogP contribution in [0.3, 0.4) is 0 Å². The number of esters is 4. The van der Waals surface area contributed by atoms with E-state index in [9.17, 15) is 43.2 Å². The molecule has 0 saturated carbocycles. The van der Waals surface area contributed by atoms with Gasteiger partial charge in [0, 0.05) is 25.7 Å². The topological polar surface area (TPSA) is 237 Å². The summed E-state index contributed by atoms with van der Waals surface area (Å²) in [4.78, 5) is 72.7. The second-order valence-corrected chi connectivity index (χ2v) is 31.4. The van der Waals surface area contributed by atoms with E-state index < -0.39 is 97.5 Å². The minimum absolute atomic E-state index is 0.106. The normalized spacial score (nSPS) is 14.1. The zero-order valence-corrected chi connectivity index (χ0v) is 63.2. The van der Waals surface area contributed by atoms with Crippen LogP contribution in [0.2, 0.25) is 0 Å². The molecule has 94 heavy (non-hydrogen) atoms. The average molecular weight is 1380 g/mol. The number of hydrogen-bond acceptors (Lipinski definition) is 15. The Morgan fingerprint density at radius 1 is 0.287 bits per heavy atom. The molecular weight excluding hydrogens is 1230 g/mol.